The fourth-order valence-electron chi connectivity index (χ4n) is 5.68. The molecule has 11 heteroatoms. The molecule has 2 aliphatic rings. The number of benzene rings is 4. The monoisotopic (exact) mass is 620 g/mol. The third-order valence-corrected chi connectivity index (χ3v) is 8.28. The SMILES string of the molecule is C[C@]1(c2ccc(Cl)cc2F)Oc2cccc(-c3cc(F)c(Cc4nc5ccc(C(=O)O)cc5n4C[C@@H]4CCO4)c(F)c3)c2O1. The number of halogens is 4. The topological polar surface area (TPSA) is 82.8 Å². The maximum atomic E-state index is 15.7. The Morgan fingerprint density at radius 1 is 1.05 bits per heavy atom. The predicted octanol–water partition coefficient (Wildman–Crippen LogP) is 7.50. The Labute approximate surface area is 254 Å². The largest absolute Gasteiger partial charge is 0.478 e. The Balaban J connectivity index is 1.23. The highest BCUT2D eigenvalue weighted by Crippen LogP contribution is 2.50. The van der Waals surface area contributed by atoms with Gasteiger partial charge in [-0.15, -0.1) is 0 Å². The minimum absolute atomic E-state index is 0.0814. The standard InChI is InChI=1S/C33H24ClF3N2O5/c1-33(23-7-6-19(34)14-26(23)37)43-29-4-2-3-21(31(29)44-33)18-11-24(35)22(25(36)12-18)15-30-38-27-8-5-17(32(40)41)13-28(27)39(30)16-20-9-10-42-20/h2-8,11-14,20H,9-10,15-16H2,1H3,(H,40,41)/t20-,33-/m0/s1. The highest BCUT2D eigenvalue weighted by Gasteiger charge is 2.42. The van der Waals surface area contributed by atoms with E-state index < -0.39 is 29.2 Å². The van der Waals surface area contributed by atoms with Gasteiger partial charge in [-0.05, 0) is 66.6 Å². The number of rotatable bonds is 7. The van der Waals surface area contributed by atoms with Crippen LogP contribution in [0.25, 0.3) is 22.2 Å². The molecular formula is C33H24ClF3N2O5. The molecule has 1 aromatic heterocycles. The minimum Gasteiger partial charge on any atom is -0.478 e. The molecule has 4 aromatic carbocycles. The van der Waals surface area contributed by atoms with Crippen LogP contribution in [0.4, 0.5) is 13.2 Å². The molecular weight excluding hydrogens is 597 g/mol. The molecule has 224 valence electrons. The van der Waals surface area contributed by atoms with E-state index in [1.165, 1.54) is 36.4 Å². The van der Waals surface area contributed by atoms with Crippen molar-refractivity contribution in [3.63, 3.8) is 0 Å². The molecule has 0 spiro atoms. The summed E-state index contributed by atoms with van der Waals surface area (Å²) in [7, 11) is 0. The second-order valence-corrected chi connectivity index (χ2v) is 11.4. The van der Waals surface area contributed by atoms with Crippen LogP contribution in [0.2, 0.25) is 5.02 Å². The Kier molecular flexibility index (Phi) is 6.78. The van der Waals surface area contributed by atoms with E-state index in [-0.39, 0.29) is 51.3 Å². The molecule has 0 saturated carbocycles. The molecule has 0 unspecified atom stereocenters. The van der Waals surface area contributed by atoms with E-state index in [1.54, 1.807) is 35.8 Å². The van der Waals surface area contributed by atoms with Crippen molar-refractivity contribution in [1.29, 1.82) is 0 Å². The average Bonchev–Trinajstić information content (AvgIpc) is 3.48. The first kappa shape index (κ1) is 28.2. The van der Waals surface area contributed by atoms with Crippen LogP contribution < -0.4 is 9.47 Å². The van der Waals surface area contributed by atoms with Gasteiger partial charge < -0.3 is 23.9 Å². The summed E-state index contributed by atoms with van der Waals surface area (Å²) in [5, 5.41) is 9.70. The van der Waals surface area contributed by atoms with Gasteiger partial charge in [0.05, 0.1) is 34.8 Å². The van der Waals surface area contributed by atoms with Gasteiger partial charge >= 0.3 is 5.97 Å². The van der Waals surface area contributed by atoms with E-state index in [9.17, 15) is 14.3 Å². The quantitative estimate of drug-likeness (QED) is 0.203. The summed E-state index contributed by atoms with van der Waals surface area (Å²) < 4.78 is 65.7. The lowest BCUT2D eigenvalue weighted by molar-refractivity contribution is -0.0705. The molecule has 5 aromatic rings. The first-order valence-corrected chi connectivity index (χ1v) is 14.3. The highest BCUT2D eigenvalue weighted by atomic mass is 35.5. The lowest BCUT2D eigenvalue weighted by Gasteiger charge is -2.27. The van der Waals surface area contributed by atoms with Crippen molar-refractivity contribution in [2.24, 2.45) is 0 Å². The summed E-state index contributed by atoms with van der Waals surface area (Å²) in [4.78, 5) is 16.2. The van der Waals surface area contributed by atoms with E-state index in [2.05, 4.69) is 4.98 Å². The molecule has 2 atom stereocenters. The molecule has 0 amide bonds. The van der Waals surface area contributed by atoms with Gasteiger partial charge in [0.25, 0.3) is 5.79 Å². The maximum Gasteiger partial charge on any atom is 0.335 e. The number of imidazole rings is 1. The van der Waals surface area contributed by atoms with Gasteiger partial charge in [-0.3, -0.25) is 0 Å². The number of hydrogen-bond donors (Lipinski definition) is 1. The second-order valence-electron chi connectivity index (χ2n) is 10.9. The fourth-order valence-corrected chi connectivity index (χ4v) is 5.84. The van der Waals surface area contributed by atoms with Crippen LogP contribution in [0.3, 0.4) is 0 Å². The van der Waals surface area contributed by atoms with E-state index >= 15 is 8.78 Å². The number of nitrogens with zero attached hydrogens (tertiary/aromatic N) is 2. The normalized spacial score (nSPS) is 18.9. The molecule has 1 saturated heterocycles. The lowest BCUT2D eigenvalue weighted by atomic mass is 10.00. The molecule has 0 bridgehead atoms. The molecule has 0 radical (unpaired) electrons. The number of carboxylic acid groups (broad SMARTS) is 1. The molecule has 44 heavy (non-hydrogen) atoms. The number of aromatic carboxylic acids is 1. The van der Waals surface area contributed by atoms with Crippen LogP contribution in [-0.2, 0) is 23.5 Å². The summed E-state index contributed by atoms with van der Waals surface area (Å²) in [6, 6.07) is 16.0. The van der Waals surface area contributed by atoms with Crippen molar-refractivity contribution >= 4 is 28.6 Å². The first-order valence-electron chi connectivity index (χ1n) is 13.9. The average molecular weight is 621 g/mol. The van der Waals surface area contributed by atoms with Crippen molar-refractivity contribution in [2.45, 2.75) is 38.2 Å². The number of ether oxygens (including phenoxy) is 3. The third kappa shape index (κ3) is 4.84. The fraction of sp³-hybridized carbons (Fsp3) is 0.212. The summed E-state index contributed by atoms with van der Waals surface area (Å²) in [5.41, 5.74) is 1.62. The Morgan fingerprint density at radius 2 is 1.82 bits per heavy atom. The first-order chi connectivity index (χ1) is 21.1. The number of carboxylic acids is 1. The number of carbonyl (C=O) groups is 1. The van der Waals surface area contributed by atoms with E-state index in [0.29, 0.717) is 35.6 Å². The van der Waals surface area contributed by atoms with Gasteiger partial charge in [0.15, 0.2) is 11.5 Å². The van der Waals surface area contributed by atoms with E-state index in [1.807, 2.05) is 0 Å². The van der Waals surface area contributed by atoms with Crippen molar-refractivity contribution in [1.82, 2.24) is 9.55 Å². The third-order valence-electron chi connectivity index (χ3n) is 8.04. The number of hydrogen-bond acceptors (Lipinski definition) is 5. The number of fused-ring (bicyclic) bond motifs is 2. The minimum atomic E-state index is -1.53. The summed E-state index contributed by atoms with van der Waals surface area (Å²) in [6.07, 6.45) is 0.528. The molecule has 7 rings (SSSR count). The highest BCUT2D eigenvalue weighted by molar-refractivity contribution is 6.30. The zero-order chi connectivity index (χ0) is 30.7. The predicted molar refractivity (Wildman–Crippen MR) is 156 cm³/mol. The van der Waals surface area contributed by atoms with Crippen LogP contribution in [0.15, 0.2) is 66.7 Å². The van der Waals surface area contributed by atoms with Crippen molar-refractivity contribution < 1.29 is 37.3 Å². The van der Waals surface area contributed by atoms with Crippen molar-refractivity contribution in [2.75, 3.05) is 6.61 Å². The van der Waals surface area contributed by atoms with Crippen molar-refractivity contribution in [3.8, 4) is 22.6 Å². The van der Waals surface area contributed by atoms with Gasteiger partial charge in [0, 0.05) is 36.1 Å². The Morgan fingerprint density at radius 3 is 2.50 bits per heavy atom. The van der Waals surface area contributed by atoms with Crippen LogP contribution in [0.5, 0.6) is 11.5 Å². The number of aromatic nitrogens is 2. The van der Waals surface area contributed by atoms with Gasteiger partial charge in [-0.1, -0.05) is 23.7 Å². The van der Waals surface area contributed by atoms with Gasteiger partial charge in [0.1, 0.15) is 23.3 Å². The van der Waals surface area contributed by atoms with Gasteiger partial charge in [0.2, 0.25) is 0 Å². The van der Waals surface area contributed by atoms with Gasteiger partial charge in [-0.2, -0.15) is 0 Å². The Bertz CT molecular complexity index is 1950. The molecule has 2 aliphatic heterocycles. The van der Waals surface area contributed by atoms with E-state index in [0.717, 1.165) is 12.5 Å². The van der Waals surface area contributed by atoms with Crippen LogP contribution in [-0.4, -0.2) is 33.3 Å². The second kappa shape index (κ2) is 10.6. The smallest absolute Gasteiger partial charge is 0.335 e. The molecule has 1 fully saturated rings. The lowest BCUT2D eigenvalue weighted by Crippen LogP contribution is -2.32. The molecule has 1 N–H and O–H groups in total. The summed E-state index contributed by atoms with van der Waals surface area (Å²) in [5.74, 6) is -3.96. The van der Waals surface area contributed by atoms with Crippen LogP contribution >= 0.6 is 11.6 Å². The molecule has 7 nitrogen and oxygen atoms in total. The molecule has 0 aliphatic carbocycles. The summed E-state index contributed by atoms with van der Waals surface area (Å²) in [6.45, 7) is 2.54. The van der Waals surface area contributed by atoms with Crippen molar-refractivity contribution in [3.05, 3.63) is 112 Å². The maximum absolute atomic E-state index is 15.7. The van der Waals surface area contributed by atoms with Crippen LogP contribution in [0.1, 0.15) is 40.7 Å². The number of para-hydroxylation sites is 1. The Hall–Kier alpha value is -4.54. The zero-order valence-electron chi connectivity index (χ0n) is 23.2. The van der Waals surface area contributed by atoms with Gasteiger partial charge in [-0.25, -0.2) is 22.9 Å². The molecule has 3 heterocycles. The zero-order valence-corrected chi connectivity index (χ0v) is 24.0. The van der Waals surface area contributed by atoms with E-state index in [4.69, 9.17) is 25.8 Å². The summed E-state index contributed by atoms with van der Waals surface area (Å²) >= 11 is 5.91. The van der Waals surface area contributed by atoms with Crippen LogP contribution in [0, 0.1) is 17.5 Å².